The van der Waals surface area contributed by atoms with Gasteiger partial charge in [-0.1, -0.05) is 57.2 Å². The average molecular weight is 423 g/mol. The Kier molecular flexibility index (Phi) is 8.10. The van der Waals surface area contributed by atoms with Crippen LogP contribution in [0.2, 0.25) is 18.1 Å². The predicted molar refractivity (Wildman–Crippen MR) is 133 cm³/mol. The molecule has 0 bridgehead atoms. The van der Waals surface area contributed by atoms with Gasteiger partial charge in [0, 0.05) is 12.7 Å². The Labute approximate surface area is 183 Å². The highest BCUT2D eigenvalue weighted by Gasteiger charge is 2.36. The zero-order valence-electron chi connectivity index (χ0n) is 19.4. The number of carbonyl (C=O) groups excluding carboxylic acids is 1. The van der Waals surface area contributed by atoms with Gasteiger partial charge in [0.1, 0.15) is 12.4 Å². The summed E-state index contributed by atoms with van der Waals surface area (Å²) in [6, 6.07) is 16.0. The Morgan fingerprint density at radius 1 is 0.967 bits per heavy atom. The van der Waals surface area contributed by atoms with Crippen molar-refractivity contribution in [1.82, 2.24) is 0 Å². The Morgan fingerprint density at radius 2 is 1.47 bits per heavy atom. The third kappa shape index (κ3) is 6.89. The molecule has 0 saturated heterocycles. The van der Waals surface area contributed by atoms with E-state index >= 15 is 0 Å². The molecule has 6 heteroatoms. The van der Waals surface area contributed by atoms with Gasteiger partial charge < -0.3 is 14.1 Å². The third-order valence-electron chi connectivity index (χ3n) is 5.72. The minimum absolute atomic E-state index is 0.0205. The molecule has 0 atom stereocenters. The normalized spacial score (nSPS) is 12.2. The number of carbonyl (C=O) groups is 1. The molecule has 4 nitrogen and oxygen atoms in total. The summed E-state index contributed by atoms with van der Waals surface area (Å²) < 4.78 is 12.0. The molecule has 2 aromatic carbocycles. The van der Waals surface area contributed by atoms with Crippen LogP contribution < -0.4 is 9.64 Å². The highest BCUT2D eigenvalue weighted by molar-refractivity contribution is 6.74. The number of hydrogen-bond donors (Lipinski definition) is 0. The van der Waals surface area contributed by atoms with Gasteiger partial charge >= 0.3 is 0 Å². The number of hydrogen-bond acceptors (Lipinski definition) is 3. The molecule has 30 heavy (non-hydrogen) atoms. The number of amides is 1. The van der Waals surface area contributed by atoms with Gasteiger partial charge in [0.05, 0.1) is 6.61 Å². The third-order valence-corrected chi connectivity index (χ3v) is 10.3. The van der Waals surface area contributed by atoms with Crippen molar-refractivity contribution in [3.8, 4) is 5.75 Å². The van der Waals surface area contributed by atoms with Gasteiger partial charge in [0.2, 0.25) is 7.85 Å². The largest absolute Gasteiger partial charge is 0.491 e. The summed E-state index contributed by atoms with van der Waals surface area (Å²) in [7, 11) is 1.61. The maximum absolute atomic E-state index is 11.4. The topological polar surface area (TPSA) is 38.8 Å². The van der Waals surface area contributed by atoms with E-state index in [0.717, 1.165) is 22.6 Å². The fourth-order valence-corrected chi connectivity index (χ4v) is 3.56. The summed E-state index contributed by atoms with van der Waals surface area (Å²) in [4.78, 5) is 13.1. The van der Waals surface area contributed by atoms with E-state index < -0.39 is 8.32 Å². The van der Waals surface area contributed by atoms with Crippen molar-refractivity contribution >= 4 is 39.8 Å². The molecule has 0 aliphatic heterocycles. The molecule has 0 N–H and O–H groups in total. The monoisotopic (exact) mass is 423 g/mol. The molecule has 2 aromatic rings. The summed E-state index contributed by atoms with van der Waals surface area (Å²) in [5.41, 5.74) is 3.07. The molecular formula is C24H34BNO3Si. The van der Waals surface area contributed by atoms with Crippen molar-refractivity contribution in [2.75, 3.05) is 25.2 Å². The van der Waals surface area contributed by atoms with Gasteiger partial charge in [0.15, 0.2) is 14.1 Å². The van der Waals surface area contributed by atoms with Crippen LogP contribution in [0.25, 0.3) is 12.2 Å². The molecule has 0 aromatic heterocycles. The maximum Gasteiger partial charge on any atom is 0.216 e. The summed E-state index contributed by atoms with van der Waals surface area (Å²) in [6.07, 6.45) is 4.12. The molecule has 160 valence electrons. The van der Waals surface area contributed by atoms with E-state index in [1.54, 1.807) is 19.8 Å². The van der Waals surface area contributed by atoms with E-state index in [1.807, 2.05) is 48.5 Å². The average Bonchev–Trinajstić information content (AvgIpc) is 2.69. The molecule has 0 spiro atoms. The van der Waals surface area contributed by atoms with Gasteiger partial charge in [-0.15, -0.1) is 0 Å². The van der Waals surface area contributed by atoms with E-state index in [1.165, 1.54) is 0 Å². The van der Waals surface area contributed by atoms with E-state index in [-0.39, 0.29) is 10.8 Å². The fraction of sp³-hybridized carbons (Fsp3) is 0.375. The van der Waals surface area contributed by atoms with Crippen molar-refractivity contribution in [2.24, 2.45) is 0 Å². The minimum Gasteiger partial charge on any atom is -0.491 e. The van der Waals surface area contributed by atoms with Crippen molar-refractivity contribution in [3.05, 3.63) is 59.7 Å². The van der Waals surface area contributed by atoms with Crippen LogP contribution >= 0.6 is 0 Å². The maximum atomic E-state index is 11.4. The Morgan fingerprint density at radius 3 is 1.93 bits per heavy atom. The molecule has 0 saturated carbocycles. The summed E-state index contributed by atoms with van der Waals surface area (Å²) >= 11 is 0. The standard InChI is InChI=1S/C24H34BNO3Si/c1-24(2,3)30(5,6)29-18-17-28-22-15-11-20(12-16-22)8-7-19-9-13-21(14-10-19)26(4)23(25)27/h7-16H,17-18,25H2,1-6H3/b8-7+. The van der Waals surface area contributed by atoms with Gasteiger partial charge in [0.25, 0.3) is 0 Å². The highest BCUT2D eigenvalue weighted by atomic mass is 28.4. The lowest BCUT2D eigenvalue weighted by Gasteiger charge is -2.36. The van der Waals surface area contributed by atoms with Crippen LogP contribution in [0.3, 0.4) is 0 Å². The van der Waals surface area contributed by atoms with Crippen LogP contribution in [-0.2, 0) is 4.43 Å². The molecule has 0 aliphatic carbocycles. The van der Waals surface area contributed by atoms with Crippen LogP contribution in [0.1, 0.15) is 31.9 Å². The van der Waals surface area contributed by atoms with Crippen molar-refractivity contribution in [2.45, 2.75) is 38.9 Å². The molecule has 2 rings (SSSR count). The highest BCUT2D eigenvalue weighted by Crippen LogP contribution is 2.36. The number of anilines is 1. The number of rotatable bonds is 8. The lowest BCUT2D eigenvalue weighted by molar-refractivity contribution is 0.203. The van der Waals surface area contributed by atoms with E-state index in [9.17, 15) is 4.79 Å². The molecule has 1 amide bonds. The molecule has 0 fully saturated rings. The van der Waals surface area contributed by atoms with Gasteiger partial charge in [-0.2, -0.15) is 0 Å². The molecule has 0 unspecified atom stereocenters. The van der Waals surface area contributed by atoms with Crippen molar-refractivity contribution in [3.63, 3.8) is 0 Å². The lowest BCUT2D eigenvalue weighted by Crippen LogP contribution is -2.41. The summed E-state index contributed by atoms with van der Waals surface area (Å²) in [6.45, 7) is 12.4. The SMILES string of the molecule is BC(=O)N(C)c1ccc(/C=C/c2ccc(OCCO[Si](C)(C)C(C)(C)C)cc2)cc1. The second-order valence-corrected chi connectivity index (χ2v) is 13.8. The number of benzene rings is 2. The molecule has 0 heterocycles. The van der Waals surface area contributed by atoms with E-state index in [4.69, 9.17) is 9.16 Å². The van der Waals surface area contributed by atoms with Gasteiger partial charge in [-0.05, 0) is 53.5 Å². The zero-order chi connectivity index (χ0) is 22.4. The van der Waals surface area contributed by atoms with Gasteiger partial charge in [-0.3, -0.25) is 4.79 Å². The van der Waals surface area contributed by atoms with Crippen LogP contribution in [-0.4, -0.2) is 42.2 Å². The first-order valence-electron chi connectivity index (χ1n) is 10.4. The summed E-state index contributed by atoms with van der Waals surface area (Å²) in [5.74, 6) is 0.870. The molecule has 0 radical (unpaired) electrons. The van der Waals surface area contributed by atoms with Crippen molar-refractivity contribution < 1.29 is 14.0 Å². The number of ether oxygens (including phenoxy) is 1. The second kappa shape index (κ2) is 10.1. The van der Waals surface area contributed by atoms with Crippen LogP contribution in [0, 0.1) is 0 Å². The Hall–Kier alpha value is -2.31. The van der Waals surface area contributed by atoms with Crippen LogP contribution in [0.5, 0.6) is 5.75 Å². The van der Waals surface area contributed by atoms with Crippen LogP contribution in [0.4, 0.5) is 10.5 Å². The van der Waals surface area contributed by atoms with E-state index in [2.05, 4.69) is 46.0 Å². The minimum atomic E-state index is -1.72. The molecule has 0 aliphatic rings. The Bertz CT molecular complexity index is 856. The first kappa shape index (κ1) is 24.0. The second-order valence-electron chi connectivity index (χ2n) is 9.03. The lowest BCUT2D eigenvalue weighted by atomic mass is 10.1. The Balaban J connectivity index is 1.85. The van der Waals surface area contributed by atoms with E-state index in [0.29, 0.717) is 13.2 Å². The van der Waals surface area contributed by atoms with Crippen molar-refractivity contribution in [1.29, 1.82) is 0 Å². The molecular weight excluding hydrogens is 389 g/mol. The van der Waals surface area contributed by atoms with Gasteiger partial charge in [-0.25, -0.2) is 0 Å². The van der Waals surface area contributed by atoms with Crippen LogP contribution in [0.15, 0.2) is 48.5 Å². The fourth-order valence-electron chi connectivity index (χ4n) is 2.53. The summed E-state index contributed by atoms with van der Waals surface area (Å²) in [5, 5.41) is 0.213. The number of nitrogens with zero attached hydrogens (tertiary/aromatic N) is 1. The predicted octanol–water partition coefficient (Wildman–Crippen LogP) is 5.45. The first-order valence-corrected chi connectivity index (χ1v) is 13.3. The first-order chi connectivity index (χ1) is 14.0. The smallest absolute Gasteiger partial charge is 0.216 e. The zero-order valence-corrected chi connectivity index (χ0v) is 20.4. The quantitative estimate of drug-likeness (QED) is 0.322.